The summed E-state index contributed by atoms with van der Waals surface area (Å²) in [5, 5.41) is 23.0. The fourth-order valence-corrected chi connectivity index (χ4v) is 3.17. The summed E-state index contributed by atoms with van der Waals surface area (Å²) in [7, 11) is 0. The Hall–Kier alpha value is -2.94. The normalized spacial score (nSPS) is 18.8. The third-order valence-corrected chi connectivity index (χ3v) is 4.58. The van der Waals surface area contributed by atoms with Crippen LogP contribution in [-0.2, 0) is 9.59 Å². The fourth-order valence-electron chi connectivity index (χ4n) is 2.26. The van der Waals surface area contributed by atoms with Gasteiger partial charge in [-0.2, -0.15) is 10.2 Å². The molecule has 2 aromatic rings. The Balaban J connectivity index is 1.68. The maximum Gasteiger partial charge on any atom is 0.305 e. The highest BCUT2D eigenvalue weighted by molar-refractivity contribution is 8.15. The van der Waals surface area contributed by atoms with E-state index in [2.05, 4.69) is 20.6 Å². The number of nitrogens with zero attached hydrogens (tertiary/aromatic N) is 4. The first-order chi connectivity index (χ1) is 12.0. The topological polar surface area (TPSA) is 109 Å². The van der Waals surface area contributed by atoms with Crippen molar-refractivity contribution in [2.75, 3.05) is 0 Å². The largest absolute Gasteiger partial charge is 0.481 e. The van der Waals surface area contributed by atoms with Gasteiger partial charge in [-0.3, -0.25) is 9.59 Å². The van der Waals surface area contributed by atoms with E-state index in [4.69, 9.17) is 5.11 Å². The summed E-state index contributed by atoms with van der Waals surface area (Å²) < 4.78 is 1.77. The summed E-state index contributed by atoms with van der Waals surface area (Å²) in [5.74, 6) is -1.38. The summed E-state index contributed by atoms with van der Waals surface area (Å²) in [6.07, 6.45) is 4.92. The van der Waals surface area contributed by atoms with Gasteiger partial charge in [0, 0.05) is 12.4 Å². The molecule has 2 heterocycles. The fraction of sp³-hybridized carbons (Fsp3) is 0.188. The van der Waals surface area contributed by atoms with Crippen LogP contribution in [0.1, 0.15) is 17.5 Å². The van der Waals surface area contributed by atoms with Crippen molar-refractivity contribution in [3.8, 4) is 5.69 Å². The summed E-state index contributed by atoms with van der Waals surface area (Å²) >= 11 is 1.07. The quantitative estimate of drug-likeness (QED) is 0.624. The number of aromatic nitrogens is 2. The molecule has 1 aliphatic rings. The van der Waals surface area contributed by atoms with Gasteiger partial charge in [-0.25, -0.2) is 4.68 Å². The molecule has 1 aromatic heterocycles. The van der Waals surface area contributed by atoms with Crippen molar-refractivity contribution in [3.63, 3.8) is 0 Å². The summed E-state index contributed by atoms with van der Waals surface area (Å²) in [4.78, 5) is 22.3. The zero-order valence-corrected chi connectivity index (χ0v) is 14.1. The Morgan fingerprint density at radius 1 is 1.52 bits per heavy atom. The number of carbonyl (C=O) groups is 2. The lowest BCUT2D eigenvalue weighted by Crippen LogP contribution is -2.26. The molecule has 9 heteroatoms. The van der Waals surface area contributed by atoms with E-state index in [1.54, 1.807) is 17.1 Å². The molecule has 0 radical (unpaired) electrons. The number of nitrogens with one attached hydrogen (secondary N) is 1. The SMILES string of the molecule is Cc1cc(-n2cccn2)ccc1C=NN=C1NC(=O)C(CC(=O)O)S1. The minimum atomic E-state index is -1.02. The molecule has 3 rings (SSSR count). The molecule has 1 amide bonds. The van der Waals surface area contributed by atoms with Crippen molar-refractivity contribution >= 4 is 35.0 Å². The van der Waals surface area contributed by atoms with Gasteiger partial charge in [0.05, 0.1) is 18.3 Å². The van der Waals surface area contributed by atoms with E-state index in [-0.39, 0.29) is 12.3 Å². The van der Waals surface area contributed by atoms with Crippen LogP contribution in [0.5, 0.6) is 0 Å². The van der Waals surface area contributed by atoms with Crippen LogP contribution in [0, 0.1) is 6.92 Å². The van der Waals surface area contributed by atoms with Gasteiger partial charge in [0.1, 0.15) is 5.25 Å². The van der Waals surface area contributed by atoms with Crippen molar-refractivity contribution < 1.29 is 14.7 Å². The molecule has 1 fully saturated rings. The smallest absolute Gasteiger partial charge is 0.305 e. The third-order valence-electron chi connectivity index (χ3n) is 3.50. The Kier molecular flexibility index (Phi) is 4.94. The zero-order chi connectivity index (χ0) is 17.8. The van der Waals surface area contributed by atoms with Crippen molar-refractivity contribution in [1.29, 1.82) is 0 Å². The van der Waals surface area contributed by atoms with Gasteiger partial charge in [0.15, 0.2) is 5.17 Å². The number of thioether (sulfide) groups is 1. The molecule has 1 aromatic carbocycles. The van der Waals surface area contributed by atoms with E-state index in [1.807, 2.05) is 37.4 Å². The number of amidine groups is 1. The first-order valence-electron chi connectivity index (χ1n) is 7.44. The Morgan fingerprint density at radius 2 is 2.36 bits per heavy atom. The maximum absolute atomic E-state index is 11.6. The number of hydrogen-bond acceptors (Lipinski definition) is 6. The number of rotatable bonds is 5. The molecule has 1 unspecified atom stereocenters. The highest BCUT2D eigenvalue weighted by atomic mass is 32.2. The van der Waals surface area contributed by atoms with E-state index >= 15 is 0 Å². The number of carbonyl (C=O) groups excluding carboxylic acids is 1. The monoisotopic (exact) mass is 357 g/mol. The highest BCUT2D eigenvalue weighted by Crippen LogP contribution is 2.22. The molecule has 0 saturated carbocycles. The van der Waals surface area contributed by atoms with E-state index in [1.165, 1.54) is 0 Å². The molecule has 8 nitrogen and oxygen atoms in total. The van der Waals surface area contributed by atoms with Crippen LogP contribution in [0.3, 0.4) is 0 Å². The first kappa shape index (κ1) is 16.9. The minimum Gasteiger partial charge on any atom is -0.481 e. The van der Waals surface area contributed by atoms with Crippen molar-refractivity contribution in [2.24, 2.45) is 10.2 Å². The lowest BCUT2D eigenvalue weighted by molar-refractivity contribution is -0.138. The van der Waals surface area contributed by atoms with Gasteiger partial charge in [-0.1, -0.05) is 17.8 Å². The number of carboxylic acids is 1. The zero-order valence-electron chi connectivity index (χ0n) is 13.3. The van der Waals surface area contributed by atoms with Gasteiger partial charge < -0.3 is 10.4 Å². The summed E-state index contributed by atoms with van der Waals surface area (Å²) in [5.41, 5.74) is 2.83. The Morgan fingerprint density at radius 3 is 3.04 bits per heavy atom. The van der Waals surface area contributed by atoms with Crippen molar-refractivity contribution in [3.05, 3.63) is 47.8 Å². The molecular weight excluding hydrogens is 342 g/mol. The van der Waals surface area contributed by atoms with Crippen molar-refractivity contribution in [2.45, 2.75) is 18.6 Å². The van der Waals surface area contributed by atoms with Gasteiger partial charge in [0.2, 0.25) is 5.91 Å². The molecule has 2 N–H and O–H groups in total. The van der Waals surface area contributed by atoms with E-state index in [9.17, 15) is 9.59 Å². The average Bonchev–Trinajstić information content (AvgIpc) is 3.19. The molecule has 1 atom stereocenters. The molecule has 0 bridgehead atoms. The van der Waals surface area contributed by atoms with Crippen LogP contribution in [0.25, 0.3) is 5.69 Å². The molecule has 1 aliphatic heterocycles. The van der Waals surface area contributed by atoms with Crippen LogP contribution < -0.4 is 5.32 Å². The Bertz CT molecular complexity index is 861. The first-order valence-corrected chi connectivity index (χ1v) is 8.32. The molecule has 1 saturated heterocycles. The maximum atomic E-state index is 11.6. The van der Waals surface area contributed by atoms with Crippen LogP contribution in [0.15, 0.2) is 46.9 Å². The van der Waals surface area contributed by atoms with Crippen LogP contribution in [-0.4, -0.2) is 43.4 Å². The van der Waals surface area contributed by atoms with E-state index in [0.717, 1.165) is 28.6 Å². The Labute approximate surface area is 147 Å². The second kappa shape index (κ2) is 7.31. The number of amides is 1. The van der Waals surface area contributed by atoms with Gasteiger partial charge in [-0.15, -0.1) is 5.10 Å². The van der Waals surface area contributed by atoms with E-state index in [0.29, 0.717) is 5.17 Å². The van der Waals surface area contributed by atoms with Crippen LogP contribution in [0.4, 0.5) is 0 Å². The number of hydrogen-bond donors (Lipinski definition) is 2. The summed E-state index contributed by atoms with van der Waals surface area (Å²) in [6.45, 7) is 1.95. The van der Waals surface area contributed by atoms with Gasteiger partial charge >= 0.3 is 5.97 Å². The third kappa shape index (κ3) is 4.13. The predicted molar refractivity (Wildman–Crippen MR) is 95.1 cm³/mol. The molecule has 128 valence electrons. The molecule has 0 aliphatic carbocycles. The molecular formula is C16H15N5O3S. The minimum absolute atomic E-state index is 0.243. The lowest BCUT2D eigenvalue weighted by atomic mass is 10.1. The lowest BCUT2D eigenvalue weighted by Gasteiger charge is -2.04. The number of carboxylic acid groups (broad SMARTS) is 1. The number of aryl methyl sites for hydroxylation is 1. The summed E-state index contributed by atoms with van der Waals surface area (Å²) in [6, 6.07) is 7.66. The van der Waals surface area contributed by atoms with E-state index < -0.39 is 11.2 Å². The van der Waals surface area contributed by atoms with Crippen molar-refractivity contribution in [1.82, 2.24) is 15.1 Å². The second-order valence-corrected chi connectivity index (χ2v) is 6.53. The predicted octanol–water partition coefficient (Wildman–Crippen LogP) is 1.58. The van der Waals surface area contributed by atoms with Crippen LogP contribution in [0.2, 0.25) is 0 Å². The molecule has 25 heavy (non-hydrogen) atoms. The molecule has 0 spiro atoms. The van der Waals surface area contributed by atoms with Gasteiger partial charge in [-0.05, 0) is 36.2 Å². The second-order valence-electron chi connectivity index (χ2n) is 5.33. The number of benzene rings is 1. The average molecular weight is 357 g/mol. The van der Waals surface area contributed by atoms with Crippen LogP contribution >= 0.6 is 11.8 Å². The van der Waals surface area contributed by atoms with Gasteiger partial charge in [0.25, 0.3) is 0 Å². The highest BCUT2D eigenvalue weighted by Gasteiger charge is 2.32. The standard InChI is InChI=1S/C16H15N5O3S/c1-10-7-12(21-6-2-5-18-21)4-3-11(10)9-17-20-16-19-15(24)13(25-16)8-14(22)23/h2-7,9,13H,8H2,1H3,(H,22,23)(H,19,20,24). The number of aliphatic carboxylic acids is 1.